The number of nitrogens with zero attached hydrogens (tertiary/aromatic N) is 3. The molecule has 0 aliphatic carbocycles. The van der Waals surface area contributed by atoms with Crippen molar-refractivity contribution >= 4 is 40.3 Å². The molecule has 1 aromatic heterocycles. The Morgan fingerprint density at radius 2 is 2.14 bits per heavy atom. The van der Waals surface area contributed by atoms with Crippen molar-refractivity contribution in [2.45, 2.75) is 30.4 Å². The standard InChI is InChI=1S/C21H23ClFN3O2S/c1-14(20(27)25(2)13-15-5-4-6-17(23)11-15)29-21-24-18-12-16(22)7-8-19(18)26(21)9-10-28-3/h4-8,11-12,14H,9-10,13H2,1-3H3. The Bertz CT molecular complexity index is 1010. The van der Waals surface area contributed by atoms with E-state index in [1.807, 2.05) is 29.7 Å². The summed E-state index contributed by atoms with van der Waals surface area (Å²) in [4.78, 5) is 19.1. The quantitative estimate of drug-likeness (QED) is 0.484. The van der Waals surface area contributed by atoms with Gasteiger partial charge >= 0.3 is 0 Å². The molecule has 0 saturated heterocycles. The molecule has 0 saturated carbocycles. The van der Waals surface area contributed by atoms with Crippen molar-refractivity contribution in [1.82, 2.24) is 14.5 Å². The zero-order valence-electron chi connectivity index (χ0n) is 16.6. The first-order valence-corrected chi connectivity index (χ1v) is 10.5. The monoisotopic (exact) mass is 435 g/mol. The van der Waals surface area contributed by atoms with Crippen LogP contribution >= 0.6 is 23.4 Å². The highest BCUT2D eigenvalue weighted by Gasteiger charge is 2.22. The van der Waals surface area contributed by atoms with Crippen LogP contribution in [0, 0.1) is 5.82 Å². The zero-order valence-corrected chi connectivity index (χ0v) is 18.1. The Hall–Kier alpha value is -2.09. The number of halogens is 2. The predicted octanol–water partition coefficient (Wildman–Crippen LogP) is 4.61. The average Bonchev–Trinajstić information content (AvgIpc) is 3.01. The van der Waals surface area contributed by atoms with Crippen LogP contribution < -0.4 is 0 Å². The van der Waals surface area contributed by atoms with Crippen LogP contribution in [0.3, 0.4) is 0 Å². The summed E-state index contributed by atoms with van der Waals surface area (Å²) in [6.45, 7) is 3.35. The summed E-state index contributed by atoms with van der Waals surface area (Å²) in [5, 5.41) is 0.992. The molecule has 0 spiro atoms. The minimum absolute atomic E-state index is 0.0531. The van der Waals surface area contributed by atoms with Crippen molar-refractivity contribution in [2.24, 2.45) is 0 Å². The molecule has 3 rings (SSSR count). The van der Waals surface area contributed by atoms with Crippen LogP contribution in [0.25, 0.3) is 11.0 Å². The maximum absolute atomic E-state index is 13.4. The van der Waals surface area contributed by atoms with Crippen LogP contribution in [0.1, 0.15) is 12.5 Å². The first-order chi connectivity index (χ1) is 13.9. The third-order valence-corrected chi connectivity index (χ3v) is 5.82. The van der Waals surface area contributed by atoms with E-state index >= 15 is 0 Å². The number of amides is 1. The van der Waals surface area contributed by atoms with E-state index in [1.54, 1.807) is 31.2 Å². The van der Waals surface area contributed by atoms with Crippen LogP contribution in [-0.4, -0.2) is 46.4 Å². The Labute approximate surface area is 178 Å². The first kappa shape index (κ1) is 21.6. The molecule has 5 nitrogen and oxygen atoms in total. The SMILES string of the molecule is COCCn1c(SC(C)C(=O)N(C)Cc2cccc(F)c2)nc2cc(Cl)ccc21. The normalized spacial score (nSPS) is 12.3. The van der Waals surface area contributed by atoms with Gasteiger partial charge in [0.25, 0.3) is 0 Å². The van der Waals surface area contributed by atoms with Gasteiger partial charge in [-0.25, -0.2) is 9.37 Å². The number of rotatable bonds is 8. The summed E-state index contributed by atoms with van der Waals surface area (Å²) < 4.78 is 20.7. The molecule has 1 unspecified atom stereocenters. The molecule has 1 atom stereocenters. The van der Waals surface area contributed by atoms with E-state index in [0.29, 0.717) is 24.7 Å². The molecule has 1 heterocycles. The van der Waals surface area contributed by atoms with Gasteiger partial charge in [-0.3, -0.25) is 4.79 Å². The number of hydrogen-bond acceptors (Lipinski definition) is 4. The van der Waals surface area contributed by atoms with Crippen molar-refractivity contribution in [3.8, 4) is 0 Å². The lowest BCUT2D eigenvalue weighted by molar-refractivity contribution is -0.129. The van der Waals surface area contributed by atoms with Crippen LogP contribution in [0.2, 0.25) is 5.02 Å². The molecule has 0 radical (unpaired) electrons. The molecule has 2 aromatic carbocycles. The van der Waals surface area contributed by atoms with Crippen LogP contribution in [-0.2, 0) is 22.6 Å². The van der Waals surface area contributed by atoms with Crippen molar-refractivity contribution < 1.29 is 13.9 Å². The Morgan fingerprint density at radius 3 is 2.86 bits per heavy atom. The van der Waals surface area contributed by atoms with Crippen molar-refractivity contribution in [3.05, 3.63) is 58.9 Å². The molecular weight excluding hydrogens is 413 g/mol. The molecule has 0 bridgehead atoms. The molecule has 0 fully saturated rings. The average molecular weight is 436 g/mol. The highest BCUT2D eigenvalue weighted by molar-refractivity contribution is 8.00. The van der Waals surface area contributed by atoms with E-state index in [9.17, 15) is 9.18 Å². The summed E-state index contributed by atoms with van der Waals surface area (Å²) in [6.07, 6.45) is 0. The molecule has 0 aliphatic heterocycles. The second-order valence-corrected chi connectivity index (χ2v) is 8.50. The van der Waals surface area contributed by atoms with Crippen LogP contribution in [0.15, 0.2) is 47.6 Å². The predicted molar refractivity (Wildman–Crippen MR) is 115 cm³/mol. The van der Waals surface area contributed by atoms with Gasteiger partial charge in [-0.2, -0.15) is 0 Å². The Balaban J connectivity index is 1.77. The van der Waals surface area contributed by atoms with E-state index in [4.69, 9.17) is 16.3 Å². The number of thioether (sulfide) groups is 1. The van der Waals surface area contributed by atoms with E-state index in [-0.39, 0.29) is 17.0 Å². The molecule has 1 amide bonds. The summed E-state index contributed by atoms with van der Waals surface area (Å²) in [5.74, 6) is -0.362. The highest BCUT2D eigenvalue weighted by atomic mass is 35.5. The van der Waals surface area contributed by atoms with E-state index in [2.05, 4.69) is 4.98 Å². The number of carbonyl (C=O) groups is 1. The van der Waals surface area contributed by atoms with Gasteiger partial charge in [0, 0.05) is 32.3 Å². The highest BCUT2D eigenvalue weighted by Crippen LogP contribution is 2.29. The van der Waals surface area contributed by atoms with E-state index in [0.717, 1.165) is 21.8 Å². The molecule has 3 aromatic rings. The molecule has 0 N–H and O–H groups in total. The van der Waals surface area contributed by atoms with E-state index < -0.39 is 0 Å². The second kappa shape index (κ2) is 9.61. The lowest BCUT2D eigenvalue weighted by Gasteiger charge is -2.21. The molecule has 0 aliphatic rings. The number of methoxy groups -OCH3 is 1. The lowest BCUT2D eigenvalue weighted by atomic mass is 10.2. The second-order valence-electron chi connectivity index (χ2n) is 6.76. The summed E-state index contributed by atoms with van der Waals surface area (Å²) in [6, 6.07) is 11.8. The Morgan fingerprint density at radius 1 is 1.34 bits per heavy atom. The maximum atomic E-state index is 13.4. The fourth-order valence-corrected chi connectivity index (χ4v) is 4.31. The van der Waals surface area contributed by atoms with Crippen molar-refractivity contribution in [1.29, 1.82) is 0 Å². The van der Waals surface area contributed by atoms with Crippen molar-refractivity contribution in [3.63, 3.8) is 0 Å². The van der Waals surface area contributed by atoms with Gasteiger partial charge in [-0.1, -0.05) is 35.5 Å². The number of carbonyl (C=O) groups excluding carboxylic acids is 1. The molecule has 154 valence electrons. The summed E-state index contributed by atoms with van der Waals surface area (Å²) in [7, 11) is 3.37. The lowest BCUT2D eigenvalue weighted by Crippen LogP contribution is -2.33. The number of hydrogen-bond donors (Lipinski definition) is 0. The topological polar surface area (TPSA) is 47.4 Å². The third kappa shape index (κ3) is 5.29. The third-order valence-electron chi connectivity index (χ3n) is 4.51. The first-order valence-electron chi connectivity index (χ1n) is 9.20. The fourth-order valence-electron chi connectivity index (χ4n) is 3.08. The molecular formula is C21H23ClFN3O2S. The van der Waals surface area contributed by atoms with Crippen LogP contribution in [0.5, 0.6) is 0 Å². The number of aromatic nitrogens is 2. The summed E-state index contributed by atoms with van der Waals surface area (Å²) in [5.41, 5.74) is 2.48. The molecule has 8 heteroatoms. The van der Waals surface area contributed by atoms with Crippen LogP contribution in [0.4, 0.5) is 4.39 Å². The number of ether oxygens (including phenoxy) is 1. The fraction of sp³-hybridized carbons (Fsp3) is 0.333. The maximum Gasteiger partial charge on any atom is 0.235 e. The minimum Gasteiger partial charge on any atom is -0.383 e. The van der Waals surface area contributed by atoms with Gasteiger partial charge < -0.3 is 14.2 Å². The largest absolute Gasteiger partial charge is 0.383 e. The molecule has 29 heavy (non-hydrogen) atoms. The van der Waals surface area contributed by atoms with E-state index in [1.165, 1.54) is 23.9 Å². The smallest absolute Gasteiger partial charge is 0.235 e. The number of benzene rings is 2. The zero-order chi connectivity index (χ0) is 21.0. The minimum atomic E-state index is -0.359. The van der Waals surface area contributed by atoms with Gasteiger partial charge in [0.05, 0.1) is 22.9 Å². The van der Waals surface area contributed by atoms with Gasteiger partial charge in [-0.05, 0) is 42.8 Å². The van der Waals surface area contributed by atoms with Gasteiger partial charge in [-0.15, -0.1) is 0 Å². The van der Waals surface area contributed by atoms with Gasteiger partial charge in [0.2, 0.25) is 5.91 Å². The number of fused-ring (bicyclic) bond motifs is 1. The number of imidazole rings is 1. The summed E-state index contributed by atoms with van der Waals surface area (Å²) >= 11 is 7.49. The Kier molecular flexibility index (Phi) is 7.16. The van der Waals surface area contributed by atoms with Crippen molar-refractivity contribution in [2.75, 3.05) is 20.8 Å². The van der Waals surface area contributed by atoms with Gasteiger partial charge in [0.15, 0.2) is 5.16 Å². The van der Waals surface area contributed by atoms with Gasteiger partial charge in [0.1, 0.15) is 5.82 Å².